The van der Waals surface area contributed by atoms with E-state index in [0.29, 0.717) is 11.3 Å². The van der Waals surface area contributed by atoms with Crippen LogP contribution >= 0.6 is 0 Å². The summed E-state index contributed by atoms with van der Waals surface area (Å²) in [4.78, 5) is 0. The predicted octanol–water partition coefficient (Wildman–Crippen LogP) is 1.70. The van der Waals surface area contributed by atoms with Gasteiger partial charge in [-0.05, 0) is 6.07 Å². The van der Waals surface area contributed by atoms with E-state index in [1.165, 1.54) is 6.07 Å². The minimum atomic E-state index is -0.967. The van der Waals surface area contributed by atoms with Crippen molar-refractivity contribution in [2.75, 3.05) is 6.26 Å². The summed E-state index contributed by atoms with van der Waals surface area (Å²) in [5.41, 5.74) is 0.522. The Morgan fingerprint density at radius 1 is 1.45 bits per heavy atom. The second-order valence-electron chi connectivity index (χ2n) is 2.31. The molecule has 0 aromatic heterocycles. The Kier molecular flexibility index (Phi) is 2.76. The quantitative estimate of drug-likeness (QED) is 0.663. The molecular weight excluding hydrogens is 163 g/mol. The van der Waals surface area contributed by atoms with Crippen LogP contribution < -0.4 is 0 Å². The van der Waals surface area contributed by atoms with Crippen LogP contribution in [0.25, 0.3) is 0 Å². The fourth-order valence-electron chi connectivity index (χ4n) is 0.834. The highest BCUT2D eigenvalue weighted by Crippen LogP contribution is 2.07. The standard InChI is InChI=1S/C8H9FOS/c1-11(10)6-7-4-2-3-5-8(7)9/h2-5H,6H2,1H3. The Morgan fingerprint density at radius 3 is 2.64 bits per heavy atom. The molecule has 60 valence electrons. The zero-order valence-corrected chi connectivity index (χ0v) is 7.03. The zero-order chi connectivity index (χ0) is 8.27. The molecule has 0 bridgehead atoms. The van der Waals surface area contributed by atoms with Crippen molar-refractivity contribution in [1.82, 2.24) is 0 Å². The van der Waals surface area contributed by atoms with E-state index in [1.807, 2.05) is 0 Å². The number of hydrogen-bond acceptors (Lipinski definition) is 1. The molecule has 0 aliphatic rings. The molecule has 1 aromatic carbocycles. The van der Waals surface area contributed by atoms with Gasteiger partial charge in [-0.25, -0.2) is 4.39 Å². The number of benzene rings is 1. The molecule has 11 heavy (non-hydrogen) atoms. The van der Waals surface area contributed by atoms with Crippen LogP contribution in [0.3, 0.4) is 0 Å². The van der Waals surface area contributed by atoms with Crippen LogP contribution in [0, 0.1) is 5.82 Å². The maximum atomic E-state index is 12.8. The summed E-state index contributed by atoms with van der Waals surface area (Å²) in [6.07, 6.45) is 1.56. The largest absolute Gasteiger partial charge is 0.260 e. The molecule has 3 heteroatoms. The van der Waals surface area contributed by atoms with Gasteiger partial charge in [-0.3, -0.25) is 4.21 Å². The molecular formula is C8H9FOS. The third kappa shape index (κ3) is 2.42. The van der Waals surface area contributed by atoms with Crippen LogP contribution in [0.4, 0.5) is 4.39 Å². The molecule has 0 aliphatic heterocycles. The molecule has 1 rings (SSSR count). The molecule has 1 atom stereocenters. The summed E-state index contributed by atoms with van der Waals surface area (Å²) >= 11 is 0. The van der Waals surface area contributed by atoms with Crippen LogP contribution in [-0.4, -0.2) is 10.5 Å². The molecule has 0 heterocycles. The second-order valence-corrected chi connectivity index (χ2v) is 3.74. The average molecular weight is 172 g/mol. The Labute approximate surface area is 67.7 Å². The van der Waals surface area contributed by atoms with Gasteiger partial charge in [0.25, 0.3) is 0 Å². The molecule has 0 aliphatic carbocycles. The van der Waals surface area contributed by atoms with E-state index < -0.39 is 10.8 Å². The fraction of sp³-hybridized carbons (Fsp3) is 0.250. The minimum absolute atomic E-state index is 0.275. The first-order valence-electron chi connectivity index (χ1n) is 3.23. The first-order valence-corrected chi connectivity index (χ1v) is 4.96. The van der Waals surface area contributed by atoms with E-state index in [2.05, 4.69) is 0 Å². The van der Waals surface area contributed by atoms with Crippen LogP contribution in [0.2, 0.25) is 0 Å². The van der Waals surface area contributed by atoms with E-state index in [1.54, 1.807) is 24.5 Å². The first-order chi connectivity index (χ1) is 5.20. The van der Waals surface area contributed by atoms with E-state index in [-0.39, 0.29) is 5.82 Å². The number of rotatable bonds is 2. The number of halogens is 1. The van der Waals surface area contributed by atoms with Gasteiger partial charge in [0.1, 0.15) is 5.82 Å². The number of hydrogen-bond donors (Lipinski definition) is 0. The van der Waals surface area contributed by atoms with Gasteiger partial charge in [-0.15, -0.1) is 0 Å². The first kappa shape index (κ1) is 8.40. The smallest absolute Gasteiger partial charge is 0.127 e. The third-order valence-electron chi connectivity index (χ3n) is 1.32. The Balaban J connectivity index is 2.86. The maximum Gasteiger partial charge on any atom is 0.127 e. The van der Waals surface area contributed by atoms with E-state index in [9.17, 15) is 8.60 Å². The van der Waals surface area contributed by atoms with Crippen molar-refractivity contribution in [2.45, 2.75) is 5.75 Å². The monoisotopic (exact) mass is 172 g/mol. The van der Waals surface area contributed by atoms with Crippen molar-refractivity contribution >= 4 is 10.8 Å². The van der Waals surface area contributed by atoms with Gasteiger partial charge in [-0.1, -0.05) is 18.2 Å². The molecule has 0 saturated carbocycles. The Hall–Kier alpha value is -0.700. The molecule has 0 spiro atoms. The lowest BCUT2D eigenvalue weighted by molar-refractivity contribution is 0.615. The SMILES string of the molecule is CS(=O)Cc1ccccc1F. The summed E-state index contributed by atoms with van der Waals surface area (Å²) in [5, 5.41) is 0. The summed E-state index contributed by atoms with van der Waals surface area (Å²) in [7, 11) is -0.967. The van der Waals surface area contributed by atoms with E-state index in [0.717, 1.165) is 0 Å². The lowest BCUT2D eigenvalue weighted by Crippen LogP contribution is -1.94. The van der Waals surface area contributed by atoms with Gasteiger partial charge >= 0.3 is 0 Å². The van der Waals surface area contributed by atoms with Crippen molar-refractivity contribution in [2.24, 2.45) is 0 Å². The summed E-state index contributed by atoms with van der Waals surface area (Å²) in [6, 6.07) is 6.39. The van der Waals surface area contributed by atoms with Crippen LogP contribution in [0.15, 0.2) is 24.3 Å². The molecule has 1 aromatic rings. The molecule has 0 N–H and O–H groups in total. The van der Waals surface area contributed by atoms with Gasteiger partial charge in [-0.2, -0.15) is 0 Å². The minimum Gasteiger partial charge on any atom is -0.260 e. The molecule has 0 fully saturated rings. The van der Waals surface area contributed by atoms with Gasteiger partial charge in [0.2, 0.25) is 0 Å². The highest BCUT2D eigenvalue weighted by molar-refractivity contribution is 7.83. The maximum absolute atomic E-state index is 12.8. The van der Waals surface area contributed by atoms with Crippen molar-refractivity contribution in [1.29, 1.82) is 0 Å². The highest BCUT2D eigenvalue weighted by Gasteiger charge is 2.00. The van der Waals surface area contributed by atoms with Gasteiger partial charge in [0.05, 0.1) is 5.75 Å². The van der Waals surface area contributed by atoms with Crippen molar-refractivity contribution in [3.63, 3.8) is 0 Å². The second kappa shape index (κ2) is 3.62. The molecule has 0 saturated heterocycles. The van der Waals surface area contributed by atoms with Gasteiger partial charge in [0, 0.05) is 22.6 Å². The summed E-state index contributed by atoms with van der Waals surface area (Å²) in [6.45, 7) is 0. The molecule has 1 nitrogen and oxygen atoms in total. The molecule has 1 unspecified atom stereocenters. The summed E-state index contributed by atoms with van der Waals surface area (Å²) in [5.74, 6) is 0.0230. The lowest BCUT2D eigenvalue weighted by Gasteiger charge is -1.98. The normalized spacial score (nSPS) is 12.9. The molecule has 0 amide bonds. The topological polar surface area (TPSA) is 17.1 Å². The Morgan fingerprint density at radius 2 is 2.09 bits per heavy atom. The van der Waals surface area contributed by atoms with Crippen molar-refractivity contribution in [3.05, 3.63) is 35.6 Å². The van der Waals surface area contributed by atoms with Crippen molar-refractivity contribution < 1.29 is 8.60 Å². The van der Waals surface area contributed by atoms with E-state index >= 15 is 0 Å². The zero-order valence-electron chi connectivity index (χ0n) is 6.21. The average Bonchev–Trinajstić information content (AvgIpc) is 1.93. The highest BCUT2D eigenvalue weighted by atomic mass is 32.2. The summed E-state index contributed by atoms with van der Waals surface area (Å²) < 4.78 is 23.5. The van der Waals surface area contributed by atoms with Crippen molar-refractivity contribution in [3.8, 4) is 0 Å². The lowest BCUT2D eigenvalue weighted by atomic mass is 10.2. The van der Waals surface area contributed by atoms with E-state index in [4.69, 9.17) is 0 Å². The van der Waals surface area contributed by atoms with Gasteiger partial charge in [0.15, 0.2) is 0 Å². The fourth-order valence-corrected chi connectivity index (χ4v) is 1.51. The Bertz CT molecular complexity index is 273. The third-order valence-corrected chi connectivity index (χ3v) is 2.03. The predicted molar refractivity (Wildman–Crippen MR) is 44.2 cm³/mol. The van der Waals surface area contributed by atoms with Crippen LogP contribution in [0.1, 0.15) is 5.56 Å². The van der Waals surface area contributed by atoms with Crippen LogP contribution in [0.5, 0.6) is 0 Å². The van der Waals surface area contributed by atoms with Gasteiger partial charge < -0.3 is 0 Å². The molecule has 0 radical (unpaired) electrons. The van der Waals surface area contributed by atoms with Crippen LogP contribution in [-0.2, 0) is 16.6 Å².